The monoisotopic (exact) mass is 659 g/mol. The molecule has 15 heteroatoms. The number of aliphatic hydroxyl groups excluding tert-OH is 1. The molecule has 7 unspecified atom stereocenters. The van der Waals surface area contributed by atoms with E-state index in [1.165, 1.54) is 18.4 Å². The molecule has 7 atom stereocenters. The average molecular weight is 660 g/mol. The van der Waals surface area contributed by atoms with Gasteiger partial charge in [0.2, 0.25) is 0 Å². The van der Waals surface area contributed by atoms with Gasteiger partial charge in [-0.15, -0.1) is 0 Å². The van der Waals surface area contributed by atoms with E-state index in [1.807, 2.05) is 25.1 Å². The predicted octanol–water partition coefficient (Wildman–Crippen LogP) is 4.62. The number of esters is 1. The summed E-state index contributed by atoms with van der Waals surface area (Å²) >= 11 is 0. The number of anilines is 1. The van der Waals surface area contributed by atoms with Gasteiger partial charge in [0.1, 0.15) is 41.7 Å². The molecule has 5 rings (SSSR count). The SMILES string of the molecule is CCCCOC(=O)C(C)NP(=O)(Oc1cccc2ccccc12)OC(CC)C1OC(n2cc(F)c3c(N)ncnc32)C(C)(O)C1O. The molecule has 0 radical (unpaired) electrons. The first-order chi connectivity index (χ1) is 21.9. The van der Waals surface area contributed by atoms with Crippen LogP contribution in [0.1, 0.15) is 53.2 Å². The van der Waals surface area contributed by atoms with Gasteiger partial charge in [-0.25, -0.2) is 18.9 Å². The maximum absolute atomic E-state index is 14.9. The smallest absolute Gasteiger partial charge is 0.459 e. The van der Waals surface area contributed by atoms with E-state index in [4.69, 9.17) is 24.3 Å². The third-order valence-corrected chi connectivity index (χ3v) is 9.69. The highest BCUT2D eigenvalue weighted by molar-refractivity contribution is 7.52. The number of hydrogen-bond acceptors (Lipinski definition) is 11. The van der Waals surface area contributed by atoms with Gasteiger partial charge in [-0.1, -0.05) is 56.7 Å². The number of fused-ring (bicyclic) bond motifs is 2. The van der Waals surface area contributed by atoms with Crippen molar-refractivity contribution in [3.8, 4) is 5.75 Å². The summed E-state index contributed by atoms with van der Waals surface area (Å²) in [6.07, 6.45) is -1.61. The number of aromatic nitrogens is 3. The Kier molecular flexibility index (Phi) is 9.97. The van der Waals surface area contributed by atoms with Gasteiger partial charge in [0.25, 0.3) is 0 Å². The van der Waals surface area contributed by atoms with E-state index in [-0.39, 0.29) is 35.6 Å². The van der Waals surface area contributed by atoms with Crippen LogP contribution in [0, 0.1) is 5.82 Å². The number of halogens is 1. The molecule has 1 saturated heterocycles. The van der Waals surface area contributed by atoms with Crippen LogP contribution in [0.25, 0.3) is 21.8 Å². The Bertz CT molecular complexity index is 1750. The molecule has 4 aromatic rings. The molecule has 1 fully saturated rings. The zero-order valence-corrected chi connectivity index (χ0v) is 26.9. The zero-order valence-electron chi connectivity index (χ0n) is 26.0. The number of nitrogens with one attached hydrogen (secondary N) is 1. The molecule has 0 aliphatic carbocycles. The van der Waals surface area contributed by atoms with Crippen LogP contribution in [0.4, 0.5) is 10.2 Å². The zero-order chi connectivity index (χ0) is 33.2. The molecule has 5 N–H and O–H groups in total. The number of nitrogens with zero attached hydrogens (tertiary/aromatic N) is 3. The molecule has 1 aliphatic heterocycles. The summed E-state index contributed by atoms with van der Waals surface area (Å²) in [5, 5.41) is 26.9. The van der Waals surface area contributed by atoms with Crippen molar-refractivity contribution in [3.63, 3.8) is 0 Å². The summed E-state index contributed by atoms with van der Waals surface area (Å²) in [4.78, 5) is 20.7. The van der Waals surface area contributed by atoms with Crippen LogP contribution >= 0.6 is 7.75 Å². The fraction of sp³-hybridized carbons (Fsp3) is 0.452. The summed E-state index contributed by atoms with van der Waals surface area (Å²) < 4.78 is 54.3. The van der Waals surface area contributed by atoms with E-state index in [1.54, 1.807) is 31.2 Å². The lowest BCUT2D eigenvalue weighted by Crippen LogP contribution is -2.47. The van der Waals surface area contributed by atoms with Gasteiger partial charge in [0.05, 0.1) is 18.1 Å². The summed E-state index contributed by atoms with van der Waals surface area (Å²) in [5.74, 6) is -1.29. The molecule has 0 amide bonds. The van der Waals surface area contributed by atoms with E-state index in [0.717, 1.165) is 24.3 Å². The molecule has 13 nitrogen and oxygen atoms in total. The Balaban J connectivity index is 1.47. The number of carbonyl (C=O) groups is 1. The number of nitrogens with two attached hydrogens (primary N) is 1. The fourth-order valence-electron chi connectivity index (χ4n) is 5.48. The molecular formula is C31H39FN5O8P. The minimum Gasteiger partial charge on any atom is -0.465 e. The topological polar surface area (TPSA) is 180 Å². The molecule has 3 heterocycles. The number of aliphatic hydroxyl groups is 2. The maximum Gasteiger partial charge on any atom is 0.459 e. The van der Waals surface area contributed by atoms with Crippen LogP contribution in [0.5, 0.6) is 5.75 Å². The van der Waals surface area contributed by atoms with Gasteiger partial charge in [-0.3, -0.25) is 13.9 Å². The minimum absolute atomic E-state index is 0.0409. The van der Waals surface area contributed by atoms with Crippen LogP contribution in [0.3, 0.4) is 0 Å². The first kappa shape index (κ1) is 33.7. The van der Waals surface area contributed by atoms with E-state index in [9.17, 15) is 24.0 Å². The quantitative estimate of drug-likeness (QED) is 0.0890. The molecule has 248 valence electrons. The van der Waals surface area contributed by atoms with Gasteiger partial charge in [-0.05, 0) is 38.1 Å². The number of benzene rings is 2. The van der Waals surface area contributed by atoms with E-state index in [0.29, 0.717) is 11.8 Å². The van der Waals surface area contributed by atoms with E-state index < -0.39 is 55.7 Å². The predicted molar refractivity (Wildman–Crippen MR) is 168 cm³/mol. The van der Waals surface area contributed by atoms with Gasteiger partial charge in [0, 0.05) is 11.6 Å². The van der Waals surface area contributed by atoms with Gasteiger partial charge >= 0.3 is 13.7 Å². The second-order valence-corrected chi connectivity index (χ2v) is 13.1. The Labute approximate surface area is 265 Å². The van der Waals surface area contributed by atoms with Crippen molar-refractivity contribution in [2.75, 3.05) is 12.3 Å². The van der Waals surface area contributed by atoms with Crippen molar-refractivity contribution in [3.05, 3.63) is 60.8 Å². The van der Waals surface area contributed by atoms with Gasteiger partial charge in [0.15, 0.2) is 17.7 Å². The molecule has 0 saturated carbocycles. The van der Waals surface area contributed by atoms with Crippen molar-refractivity contribution in [2.45, 2.75) is 83.1 Å². The number of nitrogen functional groups attached to an aromatic ring is 1. The molecule has 46 heavy (non-hydrogen) atoms. The van der Waals surface area contributed by atoms with Crippen LogP contribution in [0.15, 0.2) is 55.0 Å². The minimum atomic E-state index is -4.45. The summed E-state index contributed by atoms with van der Waals surface area (Å²) in [6.45, 7) is 6.64. The average Bonchev–Trinajstić information content (AvgIpc) is 3.48. The molecule has 0 spiro atoms. The first-order valence-corrected chi connectivity index (χ1v) is 16.7. The third-order valence-electron chi connectivity index (χ3n) is 8.00. The van der Waals surface area contributed by atoms with Crippen molar-refractivity contribution >= 4 is 41.3 Å². The normalized spacial score (nSPS) is 24.1. The Morgan fingerprint density at radius 2 is 1.98 bits per heavy atom. The van der Waals surface area contributed by atoms with E-state index >= 15 is 0 Å². The van der Waals surface area contributed by atoms with Crippen molar-refractivity contribution in [1.82, 2.24) is 19.6 Å². The molecule has 0 bridgehead atoms. The van der Waals surface area contributed by atoms with Gasteiger partial charge in [-0.2, -0.15) is 5.09 Å². The highest BCUT2D eigenvalue weighted by Crippen LogP contribution is 2.51. The van der Waals surface area contributed by atoms with E-state index in [2.05, 4.69) is 15.1 Å². The lowest BCUT2D eigenvalue weighted by atomic mass is 9.93. The van der Waals surface area contributed by atoms with Crippen LogP contribution < -0.4 is 15.3 Å². The van der Waals surface area contributed by atoms with Crippen LogP contribution in [0.2, 0.25) is 0 Å². The second-order valence-electron chi connectivity index (χ2n) is 11.5. The number of carbonyl (C=O) groups excluding carboxylic acids is 1. The lowest BCUT2D eigenvalue weighted by molar-refractivity contribution is -0.145. The summed E-state index contributed by atoms with van der Waals surface area (Å²) in [5.41, 5.74) is 3.91. The Morgan fingerprint density at radius 3 is 2.72 bits per heavy atom. The Hall–Kier alpha value is -3.65. The first-order valence-electron chi connectivity index (χ1n) is 15.1. The van der Waals surface area contributed by atoms with Crippen molar-refractivity contribution in [1.29, 1.82) is 0 Å². The highest BCUT2D eigenvalue weighted by Gasteiger charge is 2.57. The highest BCUT2D eigenvalue weighted by atomic mass is 31.2. The van der Waals surface area contributed by atoms with Crippen molar-refractivity contribution < 1.29 is 42.5 Å². The van der Waals surface area contributed by atoms with Crippen LogP contribution in [-0.4, -0.2) is 67.3 Å². The third kappa shape index (κ3) is 6.59. The van der Waals surface area contributed by atoms with Crippen LogP contribution in [-0.2, 0) is 23.4 Å². The summed E-state index contributed by atoms with van der Waals surface area (Å²) in [7, 11) is -4.45. The number of unbranched alkanes of at least 4 members (excludes halogenated alkanes) is 1. The molecule has 2 aromatic carbocycles. The maximum atomic E-state index is 14.9. The molecular weight excluding hydrogens is 620 g/mol. The number of hydrogen-bond donors (Lipinski definition) is 4. The molecule has 1 aliphatic rings. The number of ether oxygens (including phenoxy) is 2. The molecule has 2 aromatic heterocycles. The van der Waals surface area contributed by atoms with Crippen molar-refractivity contribution in [2.24, 2.45) is 0 Å². The largest absolute Gasteiger partial charge is 0.465 e. The van der Waals surface area contributed by atoms with Gasteiger partial charge < -0.3 is 29.9 Å². The second kappa shape index (κ2) is 13.6. The Morgan fingerprint density at radius 1 is 1.24 bits per heavy atom. The standard InChI is InChI=1S/C31H39FN5O8P/c1-5-7-15-42-29(39)18(3)36-46(41,45-23-14-10-12-19-11-8-9-13-20(19)23)44-22(6-2)25-26(38)31(4,40)30(43-25)37-16-21(32)24-27(33)34-17-35-28(24)37/h8-14,16-18,22,25-26,30,38,40H,5-7,15H2,1-4H3,(H,36,41)(H2,33,34,35). The summed E-state index contributed by atoms with van der Waals surface area (Å²) in [6, 6.07) is 11.4. The number of rotatable bonds is 13. The fourth-order valence-corrected chi connectivity index (χ4v) is 7.26. The lowest BCUT2D eigenvalue weighted by Gasteiger charge is -2.31.